The van der Waals surface area contributed by atoms with Gasteiger partial charge >= 0.3 is 11.9 Å². The molecular formula is C18H35N3O4. The van der Waals surface area contributed by atoms with Crippen LogP contribution in [0.3, 0.4) is 0 Å². The van der Waals surface area contributed by atoms with Crippen molar-refractivity contribution in [3.05, 3.63) is 0 Å². The molecule has 0 aliphatic carbocycles. The third-order valence-corrected chi connectivity index (χ3v) is 4.25. The SMILES string of the molecule is CC(=O)OCCN1C[C@@H](C)N[C@@H](C)C1.CC(=O)OC[C@@H]1CCCCN1. The number of ether oxygens (including phenoxy) is 2. The fraction of sp³-hybridized carbons (Fsp3) is 0.889. The van der Waals surface area contributed by atoms with Gasteiger partial charge in [0.25, 0.3) is 0 Å². The molecule has 2 saturated heterocycles. The molecule has 0 radical (unpaired) electrons. The van der Waals surface area contributed by atoms with Gasteiger partial charge in [0, 0.05) is 51.6 Å². The highest BCUT2D eigenvalue weighted by atomic mass is 16.5. The Bertz CT molecular complexity index is 390. The summed E-state index contributed by atoms with van der Waals surface area (Å²) in [6.45, 7) is 12.3. The molecule has 2 N–H and O–H groups in total. The quantitative estimate of drug-likeness (QED) is 0.708. The Labute approximate surface area is 151 Å². The Morgan fingerprint density at radius 3 is 2.20 bits per heavy atom. The Kier molecular flexibility index (Phi) is 10.7. The van der Waals surface area contributed by atoms with Crippen molar-refractivity contribution in [3.8, 4) is 0 Å². The van der Waals surface area contributed by atoms with E-state index in [9.17, 15) is 9.59 Å². The van der Waals surface area contributed by atoms with Gasteiger partial charge in [0.15, 0.2) is 0 Å². The second kappa shape index (κ2) is 12.2. The van der Waals surface area contributed by atoms with Crippen LogP contribution in [0.25, 0.3) is 0 Å². The van der Waals surface area contributed by atoms with Gasteiger partial charge in [0.2, 0.25) is 0 Å². The number of nitrogens with zero attached hydrogens (tertiary/aromatic N) is 1. The van der Waals surface area contributed by atoms with Crippen molar-refractivity contribution in [2.45, 2.75) is 65.1 Å². The number of esters is 2. The van der Waals surface area contributed by atoms with E-state index in [1.165, 1.54) is 26.7 Å². The molecule has 3 atom stereocenters. The largest absolute Gasteiger partial charge is 0.465 e. The van der Waals surface area contributed by atoms with Crippen LogP contribution in [0, 0.1) is 0 Å². The minimum Gasteiger partial charge on any atom is -0.465 e. The molecule has 0 saturated carbocycles. The fourth-order valence-electron chi connectivity index (χ4n) is 3.23. The van der Waals surface area contributed by atoms with E-state index in [-0.39, 0.29) is 11.9 Å². The molecule has 0 amide bonds. The van der Waals surface area contributed by atoms with Crippen LogP contribution in [0.1, 0.15) is 47.0 Å². The third kappa shape index (κ3) is 11.1. The van der Waals surface area contributed by atoms with Gasteiger partial charge in [0.05, 0.1) is 0 Å². The molecule has 0 aromatic heterocycles. The van der Waals surface area contributed by atoms with Gasteiger partial charge in [-0.3, -0.25) is 14.5 Å². The van der Waals surface area contributed by atoms with Gasteiger partial charge in [-0.25, -0.2) is 0 Å². The maximum atomic E-state index is 10.6. The van der Waals surface area contributed by atoms with Crippen molar-refractivity contribution < 1.29 is 19.1 Å². The van der Waals surface area contributed by atoms with Crippen LogP contribution < -0.4 is 10.6 Å². The highest BCUT2D eigenvalue weighted by Crippen LogP contribution is 2.06. The predicted octanol–water partition coefficient (Wildman–Crippen LogP) is 0.923. The standard InChI is InChI=1S/C10H20N2O2.C8H15NO2/c1-8-6-12(7-9(2)11-8)4-5-14-10(3)13;1-7(10)11-6-8-4-2-3-5-9-8/h8-9,11H,4-7H2,1-3H3;8-9H,2-6H2,1H3/t8-,9+;8-/m.0/s1. The van der Waals surface area contributed by atoms with Crippen LogP contribution in [0.2, 0.25) is 0 Å². The van der Waals surface area contributed by atoms with E-state index < -0.39 is 0 Å². The molecule has 2 heterocycles. The molecular weight excluding hydrogens is 322 g/mol. The van der Waals surface area contributed by atoms with E-state index in [1.54, 1.807) is 0 Å². The summed E-state index contributed by atoms with van der Waals surface area (Å²) in [5.41, 5.74) is 0. The number of rotatable bonds is 5. The zero-order chi connectivity index (χ0) is 18.7. The Morgan fingerprint density at radius 1 is 1.04 bits per heavy atom. The van der Waals surface area contributed by atoms with E-state index in [0.29, 0.717) is 31.3 Å². The third-order valence-electron chi connectivity index (χ3n) is 4.25. The van der Waals surface area contributed by atoms with Gasteiger partial charge in [-0.1, -0.05) is 6.42 Å². The molecule has 146 valence electrons. The van der Waals surface area contributed by atoms with Gasteiger partial charge in [0.1, 0.15) is 13.2 Å². The van der Waals surface area contributed by atoms with Crippen molar-refractivity contribution in [2.24, 2.45) is 0 Å². The molecule has 0 unspecified atom stereocenters. The van der Waals surface area contributed by atoms with E-state index in [2.05, 4.69) is 29.4 Å². The van der Waals surface area contributed by atoms with Crippen LogP contribution in [0.15, 0.2) is 0 Å². The Hall–Kier alpha value is -1.18. The van der Waals surface area contributed by atoms with Crippen LogP contribution >= 0.6 is 0 Å². The summed E-state index contributed by atoms with van der Waals surface area (Å²) >= 11 is 0. The molecule has 2 fully saturated rings. The molecule has 25 heavy (non-hydrogen) atoms. The van der Waals surface area contributed by atoms with E-state index in [4.69, 9.17) is 9.47 Å². The summed E-state index contributed by atoms with van der Waals surface area (Å²) in [7, 11) is 0. The molecule has 0 spiro atoms. The molecule has 0 aromatic carbocycles. The van der Waals surface area contributed by atoms with Crippen LogP contribution in [-0.2, 0) is 19.1 Å². The Balaban J connectivity index is 0.000000257. The summed E-state index contributed by atoms with van der Waals surface area (Å²) in [6.07, 6.45) is 3.63. The minimum absolute atomic E-state index is 0.183. The van der Waals surface area contributed by atoms with Gasteiger partial charge in [-0.05, 0) is 33.2 Å². The monoisotopic (exact) mass is 357 g/mol. The zero-order valence-electron chi connectivity index (χ0n) is 16.2. The lowest BCUT2D eigenvalue weighted by atomic mass is 10.1. The first-order chi connectivity index (χ1) is 11.9. The second-order valence-corrected chi connectivity index (χ2v) is 7.02. The normalized spacial score (nSPS) is 27.0. The lowest BCUT2D eigenvalue weighted by Crippen LogP contribution is -2.54. The average molecular weight is 357 g/mol. The lowest BCUT2D eigenvalue weighted by molar-refractivity contribution is -0.142. The van der Waals surface area contributed by atoms with Crippen LogP contribution in [-0.4, -0.2) is 74.4 Å². The smallest absolute Gasteiger partial charge is 0.302 e. The number of hydrogen-bond acceptors (Lipinski definition) is 7. The van der Waals surface area contributed by atoms with E-state index >= 15 is 0 Å². The molecule has 0 bridgehead atoms. The fourth-order valence-corrected chi connectivity index (χ4v) is 3.23. The summed E-state index contributed by atoms with van der Waals surface area (Å²) < 4.78 is 9.79. The van der Waals surface area contributed by atoms with Gasteiger partial charge < -0.3 is 20.1 Å². The van der Waals surface area contributed by atoms with Gasteiger partial charge in [-0.2, -0.15) is 0 Å². The number of carbonyl (C=O) groups is 2. The molecule has 7 nitrogen and oxygen atoms in total. The average Bonchev–Trinajstić information content (AvgIpc) is 2.53. The van der Waals surface area contributed by atoms with E-state index in [1.807, 2.05) is 0 Å². The molecule has 2 aliphatic rings. The van der Waals surface area contributed by atoms with Crippen molar-refractivity contribution in [1.82, 2.24) is 15.5 Å². The maximum absolute atomic E-state index is 10.6. The number of piperazine rings is 1. The predicted molar refractivity (Wildman–Crippen MR) is 97.4 cm³/mol. The minimum atomic E-state index is -0.193. The molecule has 7 heteroatoms. The highest BCUT2D eigenvalue weighted by Gasteiger charge is 2.20. The summed E-state index contributed by atoms with van der Waals surface area (Å²) in [6, 6.07) is 1.44. The van der Waals surface area contributed by atoms with Crippen LogP contribution in [0.4, 0.5) is 0 Å². The molecule has 2 rings (SSSR count). The van der Waals surface area contributed by atoms with Crippen molar-refractivity contribution in [3.63, 3.8) is 0 Å². The highest BCUT2D eigenvalue weighted by molar-refractivity contribution is 5.66. The summed E-state index contributed by atoms with van der Waals surface area (Å²) in [4.78, 5) is 23.3. The first-order valence-electron chi connectivity index (χ1n) is 9.35. The maximum Gasteiger partial charge on any atom is 0.302 e. The number of carbonyl (C=O) groups excluding carboxylic acids is 2. The van der Waals surface area contributed by atoms with Gasteiger partial charge in [-0.15, -0.1) is 0 Å². The summed E-state index contributed by atoms with van der Waals surface area (Å²) in [5, 5.41) is 6.76. The lowest BCUT2D eigenvalue weighted by Gasteiger charge is -2.35. The van der Waals surface area contributed by atoms with Crippen molar-refractivity contribution in [2.75, 3.05) is 39.4 Å². The Morgan fingerprint density at radius 2 is 1.68 bits per heavy atom. The zero-order valence-corrected chi connectivity index (χ0v) is 16.2. The second-order valence-electron chi connectivity index (χ2n) is 7.02. The molecule has 0 aromatic rings. The number of piperidine rings is 1. The topological polar surface area (TPSA) is 79.9 Å². The van der Waals surface area contributed by atoms with Crippen molar-refractivity contribution >= 4 is 11.9 Å². The first kappa shape index (κ1) is 21.9. The van der Waals surface area contributed by atoms with Crippen molar-refractivity contribution in [1.29, 1.82) is 0 Å². The first-order valence-corrected chi connectivity index (χ1v) is 9.35. The van der Waals surface area contributed by atoms with Crippen LogP contribution in [0.5, 0.6) is 0 Å². The molecule has 2 aliphatic heterocycles. The number of hydrogen-bond donors (Lipinski definition) is 2. The summed E-state index contributed by atoms with van der Waals surface area (Å²) in [5.74, 6) is -0.376. The number of nitrogens with one attached hydrogen (secondary N) is 2. The van der Waals surface area contributed by atoms with E-state index in [0.717, 1.165) is 32.6 Å².